The lowest BCUT2D eigenvalue weighted by atomic mass is 9.89. The lowest BCUT2D eigenvalue weighted by Crippen LogP contribution is -2.23. The topological polar surface area (TPSA) is 29.1 Å². The molecule has 2 rings (SSSR count). The van der Waals surface area contributed by atoms with E-state index >= 15 is 0 Å². The van der Waals surface area contributed by atoms with Crippen molar-refractivity contribution in [3.8, 4) is 0 Å². The van der Waals surface area contributed by atoms with Gasteiger partial charge in [-0.15, -0.1) is 0 Å². The van der Waals surface area contributed by atoms with Crippen LogP contribution in [0.25, 0.3) is 0 Å². The summed E-state index contributed by atoms with van der Waals surface area (Å²) < 4.78 is 0. The van der Waals surface area contributed by atoms with Crippen molar-refractivity contribution in [2.75, 3.05) is 6.54 Å². The zero-order valence-corrected chi connectivity index (χ0v) is 7.31. The molecule has 12 heavy (non-hydrogen) atoms. The maximum absolute atomic E-state index is 11.1. The van der Waals surface area contributed by atoms with Gasteiger partial charge in [-0.05, 0) is 25.2 Å². The van der Waals surface area contributed by atoms with Crippen LogP contribution < -0.4 is 5.32 Å². The monoisotopic (exact) mass is 165 g/mol. The summed E-state index contributed by atoms with van der Waals surface area (Å²) >= 11 is 0. The molecular formula is C10H15NO. The molecule has 0 saturated carbocycles. The van der Waals surface area contributed by atoms with Crippen molar-refractivity contribution in [1.82, 2.24) is 5.32 Å². The number of ketones is 1. The molecule has 0 amide bonds. The minimum Gasteiger partial charge on any atom is -0.388 e. The van der Waals surface area contributed by atoms with E-state index in [1.165, 1.54) is 25.0 Å². The van der Waals surface area contributed by atoms with Gasteiger partial charge in [-0.2, -0.15) is 0 Å². The van der Waals surface area contributed by atoms with Crippen LogP contribution in [0.1, 0.15) is 32.1 Å². The summed E-state index contributed by atoms with van der Waals surface area (Å²) in [6.45, 7) is 1.05. The van der Waals surface area contributed by atoms with Crippen LogP contribution in [0.4, 0.5) is 0 Å². The third kappa shape index (κ3) is 1.52. The first kappa shape index (κ1) is 7.84. The molecule has 1 aliphatic carbocycles. The molecule has 1 fully saturated rings. The van der Waals surface area contributed by atoms with Crippen LogP contribution >= 0.6 is 0 Å². The van der Waals surface area contributed by atoms with Gasteiger partial charge < -0.3 is 5.32 Å². The Morgan fingerprint density at radius 3 is 3.17 bits per heavy atom. The highest BCUT2D eigenvalue weighted by Crippen LogP contribution is 2.27. The number of hydrogen-bond donors (Lipinski definition) is 1. The molecule has 2 heteroatoms. The van der Waals surface area contributed by atoms with Gasteiger partial charge >= 0.3 is 0 Å². The van der Waals surface area contributed by atoms with E-state index < -0.39 is 0 Å². The summed E-state index contributed by atoms with van der Waals surface area (Å²) in [7, 11) is 0. The Morgan fingerprint density at radius 2 is 2.25 bits per heavy atom. The van der Waals surface area contributed by atoms with Crippen LogP contribution in [-0.2, 0) is 4.79 Å². The van der Waals surface area contributed by atoms with Crippen LogP contribution in [0, 0.1) is 5.92 Å². The fourth-order valence-electron chi connectivity index (χ4n) is 2.08. The number of carbonyl (C=O) groups is 1. The van der Waals surface area contributed by atoms with E-state index in [4.69, 9.17) is 0 Å². The molecule has 0 bridgehead atoms. The van der Waals surface area contributed by atoms with Crippen LogP contribution in [0.15, 0.2) is 11.8 Å². The molecule has 1 heterocycles. The average Bonchev–Trinajstić information content (AvgIpc) is 2.28. The minimum atomic E-state index is 0.302. The summed E-state index contributed by atoms with van der Waals surface area (Å²) in [6, 6.07) is 0. The van der Waals surface area contributed by atoms with E-state index in [0.29, 0.717) is 11.7 Å². The largest absolute Gasteiger partial charge is 0.388 e. The third-order valence-electron chi connectivity index (χ3n) is 2.80. The minimum absolute atomic E-state index is 0.302. The predicted molar refractivity (Wildman–Crippen MR) is 47.7 cm³/mol. The van der Waals surface area contributed by atoms with Gasteiger partial charge in [-0.1, -0.05) is 6.42 Å². The van der Waals surface area contributed by atoms with Gasteiger partial charge in [-0.25, -0.2) is 0 Å². The number of rotatable bonds is 0. The van der Waals surface area contributed by atoms with Crippen molar-refractivity contribution >= 4 is 5.78 Å². The number of fused-ring (bicyclic) bond motifs is 1. The molecular weight excluding hydrogens is 150 g/mol. The highest BCUT2D eigenvalue weighted by Gasteiger charge is 2.22. The quantitative estimate of drug-likeness (QED) is 0.591. The Bertz CT molecular complexity index is 220. The molecule has 0 radical (unpaired) electrons. The molecule has 2 nitrogen and oxygen atoms in total. The molecule has 1 unspecified atom stereocenters. The second kappa shape index (κ2) is 3.30. The maximum atomic E-state index is 11.1. The van der Waals surface area contributed by atoms with Gasteiger partial charge in [-0.3, -0.25) is 4.79 Å². The molecule has 66 valence electrons. The van der Waals surface area contributed by atoms with Crippen LogP contribution in [0.3, 0.4) is 0 Å². The average molecular weight is 165 g/mol. The van der Waals surface area contributed by atoms with E-state index in [1.54, 1.807) is 0 Å². The van der Waals surface area contributed by atoms with Crippen LogP contribution in [-0.4, -0.2) is 12.3 Å². The molecule has 0 aromatic heterocycles. The zero-order valence-electron chi connectivity index (χ0n) is 7.31. The highest BCUT2D eigenvalue weighted by atomic mass is 16.1. The number of nitrogens with one attached hydrogen (secondary N) is 1. The first-order chi connectivity index (χ1) is 5.86. The number of allylic oxidation sites excluding steroid dienone is 2. The Kier molecular flexibility index (Phi) is 2.15. The van der Waals surface area contributed by atoms with Crippen molar-refractivity contribution in [2.45, 2.75) is 32.1 Å². The Balaban J connectivity index is 2.15. The predicted octanol–water partition coefficient (Wildman–Crippen LogP) is 1.62. The molecule has 0 aromatic carbocycles. The second-order valence-corrected chi connectivity index (χ2v) is 3.72. The van der Waals surface area contributed by atoms with Crippen molar-refractivity contribution in [1.29, 1.82) is 0 Å². The van der Waals surface area contributed by atoms with Gasteiger partial charge in [0, 0.05) is 24.7 Å². The lowest BCUT2D eigenvalue weighted by molar-refractivity contribution is -0.115. The first-order valence-electron chi connectivity index (χ1n) is 4.84. The fourth-order valence-corrected chi connectivity index (χ4v) is 2.08. The summed E-state index contributed by atoms with van der Waals surface area (Å²) in [6.07, 6.45) is 7.48. The zero-order chi connectivity index (χ0) is 8.39. The highest BCUT2D eigenvalue weighted by molar-refractivity contribution is 5.91. The van der Waals surface area contributed by atoms with Gasteiger partial charge in [0.1, 0.15) is 0 Å². The van der Waals surface area contributed by atoms with Crippen molar-refractivity contribution in [2.24, 2.45) is 5.92 Å². The third-order valence-corrected chi connectivity index (χ3v) is 2.80. The Hall–Kier alpha value is -0.790. The van der Waals surface area contributed by atoms with Gasteiger partial charge in [0.2, 0.25) is 0 Å². The summed E-state index contributed by atoms with van der Waals surface area (Å²) in [5, 5.41) is 3.35. The molecule has 1 aliphatic heterocycles. The lowest BCUT2D eigenvalue weighted by Gasteiger charge is -2.21. The van der Waals surface area contributed by atoms with E-state index in [2.05, 4.69) is 5.32 Å². The maximum Gasteiger partial charge on any atom is 0.157 e. The normalized spacial score (nSPS) is 29.8. The molecule has 0 aromatic rings. The summed E-state index contributed by atoms with van der Waals surface area (Å²) in [5.74, 6) is 0.959. The van der Waals surface area contributed by atoms with Gasteiger partial charge in [0.25, 0.3) is 0 Å². The molecule has 1 atom stereocenters. The van der Waals surface area contributed by atoms with Gasteiger partial charge in [0.15, 0.2) is 5.78 Å². The van der Waals surface area contributed by atoms with Crippen molar-refractivity contribution in [3.05, 3.63) is 11.8 Å². The molecule has 2 aliphatic rings. The van der Waals surface area contributed by atoms with Crippen LogP contribution in [0.5, 0.6) is 0 Å². The van der Waals surface area contributed by atoms with Gasteiger partial charge in [0.05, 0.1) is 0 Å². The fraction of sp³-hybridized carbons (Fsp3) is 0.700. The van der Waals surface area contributed by atoms with Crippen molar-refractivity contribution < 1.29 is 4.79 Å². The second-order valence-electron chi connectivity index (χ2n) is 3.72. The smallest absolute Gasteiger partial charge is 0.157 e. The summed E-state index contributed by atoms with van der Waals surface area (Å²) in [5.41, 5.74) is 1.21. The standard InChI is InChI=1S/C10H15NO/c12-9-5-4-8-3-1-2-6-11-10(8)7-9/h7-8,11H,1-6H2. The summed E-state index contributed by atoms with van der Waals surface area (Å²) in [4.78, 5) is 11.1. The van der Waals surface area contributed by atoms with E-state index in [0.717, 1.165) is 19.4 Å². The Labute approximate surface area is 73.0 Å². The van der Waals surface area contributed by atoms with Crippen molar-refractivity contribution in [3.63, 3.8) is 0 Å². The number of hydrogen-bond acceptors (Lipinski definition) is 2. The van der Waals surface area contributed by atoms with E-state index in [9.17, 15) is 4.79 Å². The SMILES string of the molecule is O=C1C=C2NCCCCC2CC1. The Morgan fingerprint density at radius 1 is 1.33 bits per heavy atom. The number of carbonyl (C=O) groups excluding carboxylic acids is 1. The van der Waals surface area contributed by atoms with Crippen LogP contribution in [0.2, 0.25) is 0 Å². The first-order valence-corrected chi connectivity index (χ1v) is 4.84. The van der Waals surface area contributed by atoms with E-state index in [-0.39, 0.29) is 0 Å². The molecule has 1 saturated heterocycles. The van der Waals surface area contributed by atoms with E-state index in [1.807, 2.05) is 6.08 Å². The molecule has 1 N–H and O–H groups in total. The molecule has 0 spiro atoms.